The molecule has 13 heavy (non-hydrogen) atoms. The molecule has 3 nitrogen and oxygen atoms in total. The standard InChI is InChI=1S/C10H6N2O/c1-2-8-7-3-5-11-6-9(7)13-10(8)12-4-1/h1-6H. The first-order valence-electron chi connectivity index (χ1n) is 4.02. The zero-order chi connectivity index (χ0) is 8.67. The largest absolute Gasteiger partial charge is 0.436 e. The molecule has 3 aromatic rings. The van der Waals surface area contributed by atoms with Crippen LogP contribution in [0, 0.1) is 0 Å². The lowest BCUT2D eigenvalue weighted by atomic mass is 10.2. The minimum Gasteiger partial charge on any atom is -0.436 e. The smallest absolute Gasteiger partial charge is 0.227 e. The van der Waals surface area contributed by atoms with Crippen LogP contribution in [0.1, 0.15) is 0 Å². The third-order valence-corrected chi connectivity index (χ3v) is 2.05. The van der Waals surface area contributed by atoms with Gasteiger partial charge < -0.3 is 4.42 Å². The summed E-state index contributed by atoms with van der Waals surface area (Å²) < 4.78 is 5.48. The van der Waals surface area contributed by atoms with Crippen LogP contribution < -0.4 is 0 Å². The Kier molecular flexibility index (Phi) is 1.16. The quantitative estimate of drug-likeness (QED) is 0.520. The second-order valence-electron chi connectivity index (χ2n) is 2.83. The van der Waals surface area contributed by atoms with Crippen molar-refractivity contribution in [2.45, 2.75) is 0 Å². The Labute approximate surface area is 74.0 Å². The Morgan fingerprint density at radius 3 is 3.08 bits per heavy atom. The van der Waals surface area contributed by atoms with E-state index in [0.717, 1.165) is 16.4 Å². The summed E-state index contributed by atoms with van der Waals surface area (Å²) in [5.74, 6) is 0. The van der Waals surface area contributed by atoms with Gasteiger partial charge in [-0.15, -0.1) is 0 Å². The number of aromatic nitrogens is 2. The molecule has 0 atom stereocenters. The number of hydrogen-bond donors (Lipinski definition) is 0. The predicted molar refractivity (Wildman–Crippen MR) is 49.3 cm³/mol. The van der Waals surface area contributed by atoms with Gasteiger partial charge in [-0.2, -0.15) is 0 Å². The van der Waals surface area contributed by atoms with Crippen molar-refractivity contribution in [1.82, 2.24) is 9.97 Å². The molecule has 0 aliphatic carbocycles. The van der Waals surface area contributed by atoms with E-state index in [1.807, 2.05) is 18.2 Å². The highest BCUT2D eigenvalue weighted by Gasteiger charge is 2.05. The summed E-state index contributed by atoms with van der Waals surface area (Å²) >= 11 is 0. The molecular formula is C10H6N2O. The van der Waals surface area contributed by atoms with E-state index >= 15 is 0 Å². The second-order valence-corrected chi connectivity index (χ2v) is 2.83. The van der Waals surface area contributed by atoms with Crippen LogP contribution in [0.15, 0.2) is 41.2 Å². The normalized spacial score (nSPS) is 11.1. The Balaban J connectivity index is 2.64. The van der Waals surface area contributed by atoms with E-state index in [-0.39, 0.29) is 0 Å². The van der Waals surface area contributed by atoms with E-state index in [9.17, 15) is 0 Å². The van der Waals surface area contributed by atoms with Crippen molar-refractivity contribution in [2.24, 2.45) is 0 Å². The van der Waals surface area contributed by atoms with Crippen molar-refractivity contribution in [2.75, 3.05) is 0 Å². The van der Waals surface area contributed by atoms with Crippen LogP contribution in [0.3, 0.4) is 0 Å². The van der Waals surface area contributed by atoms with Crippen LogP contribution >= 0.6 is 0 Å². The highest BCUT2D eigenvalue weighted by atomic mass is 16.3. The summed E-state index contributed by atoms with van der Waals surface area (Å²) in [4.78, 5) is 8.11. The number of nitrogens with zero attached hydrogens (tertiary/aromatic N) is 2. The molecule has 0 aliphatic heterocycles. The van der Waals surface area contributed by atoms with E-state index < -0.39 is 0 Å². The van der Waals surface area contributed by atoms with Gasteiger partial charge in [-0.3, -0.25) is 4.98 Å². The van der Waals surface area contributed by atoms with Crippen molar-refractivity contribution >= 4 is 22.1 Å². The van der Waals surface area contributed by atoms with Gasteiger partial charge in [0, 0.05) is 23.2 Å². The molecule has 0 radical (unpaired) electrons. The van der Waals surface area contributed by atoms with Gasteiger partial charge in [-0.25, -0.2) is 4.98 Å². The Hall–Kier alpha value is -1.90. The Bertz CT molecular complexity index is 521. The highest BCUT2D eigenvalue weighted by molar-refractivity contribution is 6.02. The predicted octanol–water partition coefficient (Wildman–Crippen LogP) is 2.38. The van der Waals surface area contributed by atoms with Crippen LogP contribution in [0.2, 0.25) is 0 Å². The van der Waals surface area contributed by atoms with Gasteiger partial charge in [0.25, 0.3) is 0 Å². The summed E-state index contributed by atoms with van der Waals surface area (Å²) in [6, 6.07) is 5.83. The molecule has 0 amide bonds. The summed E-state index contributed by atoms with van der Waals surface area (Å²) in [5.41, 5.74) is 1.46. The molecule has 3 heteroatoms. The molecule has 0 spiro atoms. The molecule has 0 bridgehead atoms. The molecule has 0 saturated heterocycles. The Morgan fingerprint density at radius 1 is 1.08 bits per heavy atom. The molecule has 0 aliphatic rings. The van der Waals surface area contributed by atoms with E-state index in [0.29, 0.717) is 5.71 Å². The van der Waals surface area contributed by atoms with Crippen molar-refractivity contribution < 1.29 is 4.42 Å². The lowest BCUT2D eigenvalue weighted by Gasteiger charge is -1.84. The van der Waals surface area contributed by atoms with E-state index in [1.165, 1.54) is 0 Å². The first-order chi connectivity index (χ1) is 6.45. The summed E-state index contributed by atoms with van der Waals surface area (Å²) in [5, 5.41) is 2.11. The molecule has 0 unspecified atom stereocenters. The zero-order valence-electron chi connectivity index (χ0n) is 6.77. The van der Waals surface area contributed by atoms with Crippen LogP contribution in [-0.4, -0.2) is 9.97 Å². The minimum absolute atomic E-state index is 0.672. The second kappa shape index (κ2) is 2.29. The lowest BCUT2D eigenvalue weighted by molar-refractivity contribution is 0.652. The van der Waals surface area contributed by atoms with E-state index in [2.05, 4.69) is 9.97 Å². The van der Waals surface area contributed by atoms with Gasteiger partial charge in [-0.1, -0.05) is 0 Å². The van der Waals surface area contributed by atoms with Gasteiger partial charge in [0.2, 0.25) is 5.71 Å². The number of furan rings is 1. The number of rotatable bonds is 0. The third-order valence-electron chi connectivity index (χ3n) is 2.05. The minimum atomic E-state index is 0.672. The highest BCUT2D eigenvalue weighted by Crippen LogP contribution is 2.25. The van der Waals surface area contributed by atoms with Crippen molar-refractivity contribution in [3.05, 3.63) is 36.8 Å². The van der Waals surface area contributed by atoms with Crippen LogP contribution in [0.25, 0.3) is 22.1 Å². The first kappa shape index (κ1) is 6.60. The molecule has 3 aromatic heterocycles. The van der Waals surface area contributed by atoms with Crippen LogP contribution in [-0.2, 0) is 0 Å². The summed E-state index contributed by atoms with van der Waals surface area (Å²) in [6.45, 7) is 0. The third kappa shape index (κ3) is 0.839. The first-order valence-corrected chi connectivity index (χ1v) is 4.02. The van der Waals surface area contributed by atoms with Crippen molar-refractivity contribution in [1.29, 1.82) is 0 Å². The van der Waals surface area contributed by atoms with Gasteiger partial charge >= 0.3 is 0 Å². The van der Waals surface area contributed by atoms with Crippen LogP contribution in [0.5, 0.6) is 0 Å². The summed E-state index contributed by atoms with van der Waals surface area (Å²) in [7, 11) is 0. The fourth-order valence-electron chi connectivity index (χ4n) is 1.47. The van der Waals surface area contributed by atoms with Crippen LogP contribution in [0.4, 0.5) is 0 Å². The SMILES string of the molecule is c1cnc2oc3cnccc3c2c1. The number of fused-ring (bicyclic) bond motifs is 3. The van der Waals surface area contributed by atoms with E-state index in [1.54, 1.807) is 18.6 Å². The summed E-state index contributed by atoms with van der Waals surface area (Å²) in [6.07, 6.45) is 5.18. The topological polar surface area (TPSA) is 38.9 Å². The van der Waals surface area contributed by atoms with Gasteiger partial charge in [-0.05, 0) is 18.2 Å². The molecule has 62 valence electrons. The lowest BCUT2D eigenvalue weighted by Crippen LogP contribution is -1.69. The van der Waals surface area contributed by atoms with E-state index in [4.69, 9.17) is 4.42 Å². The molecule has 3 heterocycles. The molecule has 0 N–H and O–H groups in total. The van der Waals surface area contributed by atoms with Crippen molar-refractivity contribution in [3.63, 3.8) is 0 Å². The molecule has 0 aromatic carbocycles. The van der Waals surface area contributed by atoms with Crippen molar-refractivity contribution in [3.8, 4) is 0 Å². The number of hydrogen-bond acceptors (Lipinski definition) is 3. The van der Waals surface area contributed by atoms with Gasteiger partial charge in [0.15, 0.2) is 5.58 Å². The molecular weight excluding hydrogens is 164 g/mol. The molecule has 0 saturated carbocycles. The average Bonchev–Trinajstić information content (AvgIpc) is 2.56. The van der Waals surface area contributed by atoms with Gasteiger partial charge in [0.1, 0.15) is 0 Å². The fraction of sp³-hybridized carbons (Fsp3) is 0. The Morgan fingerprint density at radius 2 is 2.08 bits per heavy atom. The monoisotopic (exact) mass is 170 g/mol. The molecule has 3 rings (SSSR count). The zero-order valence-corrected chi connectivity index (χ0v) is 6.77. The van der Waals surface area contributed by atoms with Gasteiger partial charge in [0.05, 0.1) is 6.20 Å². The number of pyridine rings is 2. The maximum atomic E-state index is 5.48. The molecule has 0 fully saturated rings. The average molecular weight is 170 g/mol. The fourth-order valence-corrected chi connectivity index (χ4v) is 1.47. The maximum absolute atomic E-state index is 5.48. The maximum Gasteiger partial charge on any atom is 0.227 e.